The number of nitrogens with zero attached hydrogens (tertiary/aromatic N) is 1. The van der Waals surface area contributed by atoms with Crippen LogP contribution in [0.1, 0.15) is 27.2 Å². The van der Waals surface area contributed by atoms with E-state index in [0.717, 1.165) is 0 Å². The number of rotatable bonds is 2. The summed E-state index contributed by atoms with van der Waals surface area (Å²) >= 11 is 11.5. The lowest BCUT2D eigenvalue weighted by molar-refractivity contribution is 0.0293. The Morgan fingerprint density at radius 3 is 2.73 bits per heavy atom. The predicted octanol–water partition coefficient (Wildman–Crippen LogP) is 4.55. The van der Waals surface area contributed by atoms with Crippen LogP contribution < -0.4 is 5.32 Å². The fourth-order valence-electron chi connectivity index (χ4n) is 2.23. The zero-order valence-electron chi connectivity index (χ0n) is 12.8. The number of ether oxygens (including phenoxy) is 1. The molecular weight excluding hydrogens is 330 g/mol. The summed E-state index contributed by atoms with van der Waals surface area (Å²) in [5.74, 6) is -0.579. The van der Waals surface area contributed by atoms with Gasteiger partial charge in [-0.25, -0.2) is 9.18 Å². The van der Waals surface area contributed by atoms with Crippen molar-refractivity contribution in [1.29, 1.82) is 0 Å². The molecule has 1 fully saturated rings. The van der Waals surface area contributed by atoms with Crippen molar-refractivity contribution in [3.05, 3.63) is 28.0 Å². The molecule has 4 nitrogen and oxygen atoms in total. The van der Waals surface area contributed by atoms with E-state index in [-0.39, 0.29) is 27.9 Å². The number of amides is 1. The van der Waals surface area contributed by atoms with E-state index in [9.17, 15) is 9.18 Å². The molecule has 22 heavy (non-hydrogen) atoms. The van der Waals surface area contributed by atoms with E-state index in [1.54, 1.807) is 11.0 Å². The van der Waals surface area contributed by atoms with Gasteiger partial charge in [0, 0.05) is 19.1 Å². The topological polar surface area (TPSA) is 41.6 Å². The number of halogens is 3. The molecule has 7 heteroatoms. The molecule has 1 unspecified atom stereocenters. The van der Waals surface area contributed by atoms with E-state index < -0.39 is 11.4 Å². The average molecular weight is 349 g/mol. The first-order chi connectivity index (χ1) is 10.2. The van der Waals surface area contributed by atoms with E-state index in [1.807, 2.05) is 20.8 Å². The normalized spacial score (nSPS) is 18.5. The van der Waals surface area contributed by atoms with Gasteiger partial charge in [-0.15, -0.1) is 0 Å². The largest absolute Gasteiger partial charge is 0.444 e. The second-order valence-corrected chi connectivity index (χ2v) is 7.06. The Bertz CT molecular complexity index is 575. The minimum atomic E-state index is -0.579. The molecular formula is C15H19Cl2FN2O2. The third-order valence-corrected chi connectivity index (χ3v) is 4.02. The van der Waals surface area contributed by atoms with Crippen LogP contribution in [0.2, 0.25) is 10.0 Å². The number of hydrogen-bond acceptors (Lipinski definition) is 3. The van der Waals surface area contributed by atoms with Crippen molar-refractivity contribution in [3.8, 4) is 0 Å². The first-order valence-corrected chi connectivity index (χ1v) is 7.81. The molecule has 1 aromatic rings. The maximum Gasteiger partial charge on any atom is 0.410 e. The summed E-state index contributed by atoms with van der Waals surface area (Å²) in [5.41, 5.74) is -0.247. The number of anilines is 1. The van der Waals surface area contributed by atoms with Crippen molar-refractivity contribution in [2.24, 2.45) is 0 Å². The Morgan fingerprint density at radius 1 is 1.41 bits per heavy atom. The number of carbonyl (C=O) groups excluding carboxylic acids is 1. The quantitative estimate of drug-likeness (QED) is 0.797. The molecule has 1 N–H and O–H groups in total. The van der Waals surface area contributed by atoms with Gasteiger partial charge < -0.3 is 15.0 Å². The number of hydrogen-bond donors (Lipinski definition) is 1. The number of carbonyl (C=O) groups is 1. The lowest BCUT2D eigenvalue weighted by atomic mass is 10.2. The highest BCUT2D eigenvalue weighted by atomic mass is 35.5. The van der Waals surface area contributed by atoms with Gasteiger partial charge >= 0.3 is 6.09 Å². The molecule has 1 aromatic carbocycles. The summed E-state index contributed by atoms with van der Waals surface area (Å²) in [4.78, 5) is 13.6. The standard InChI is InChI=1S/C15H19Cl2FN2O2/c1-15(2,3)22-14(21)20-7-6-9(8-20)19-11-5-4-10(16)12(17)13(11)18/h4-5,9,19H,6-8H2,1-3H3. The van der Waals surface area contributed by atoms with Crippen molar-refractivity contribution in [3.63, 3.8) is 0 Å². The van der Waals surface area contributed by atoms with Gasteiger partial charge in [0.05, 0.1) is 15.7 Å². The molecule has 0 aromatic heterocycles. The summed E-state index contributed by atoms with van der Waals surface area (Å²) in [5, 5.41) is 3.13. The minimum Gasteiger partial charge on any atom is -0.444 e. The molecule has 1 atom stereocenters. The number of benzene rings is 1. The van der Waals surface area contributed by atoms with Gasteiger partial charge in [-0.05, 0) is 39.3 Å². The van der Waals surface area contributed by atoms with Crippen LogP contribution >= 0.6 is 23.2 Å². The van der Waals surface area contributed by atoms with Gasteiger partial charge in [-0.1, -0.05) is 23.2 Å². The highest BCUT2D eigenvalue weighted by Crippen LogP contribution is 2.31. The second-order valence-electron chi connectivity index (χ2n) is 6.28. The van der Waals surface area contributed by atoms with Crippen molar-refractivity contribution in [2.45, 2.75) is 38.8 Å². The minimum absolute atomic E-state index is 0.0562. The molecule has 0 bridgehead atoms. The maximum absolute atomic E-state index is 14.0. The molecule has 122 valence electrons. The van der Waals surface area contributed by atoms with Crippen molar-refractivity contribution < 1.29 is 13.9 Å². The molecule has 1 aliphatic rings. The van der Waals surface area contributed by atoms with Gasteiger partial charge in [0.1, 0.15) is 5.60 Å². The Labute approximate surface area is 139 Å². The van der Waals surface area contributed by atoms with Crippen LogP contribution in [-0.4, -0.2) is 35.7 Å². The van der Waals surface area contributed by atoms with Gasteiger partial charge in [-0.3, -0.25) is 0 Å². The van der Waals surface area contributed by atoms with E-state index in [2.05, 4.69) is 5.32 Å². The first kappa shape index (κ1) is 17.2. The highest BCUT2D eigenvalue weighted by molar-refractivity contribution is 6.42. The van der Waals surface area contributed by atoms with E-state index in [4.69, 9.17) is 27.9 Å². The predicted molar refractivity (Wildman–Crippen MR) is 86.3 cm³/mol. The van der Waals surface area contributed by atoms with Crippen molar-refractivity contribution in [2.75, 3.05) is 18.4 Å². The summed E-state index contributed by atoms with van der Waals surface area (Å²) in [6.07, 6.45) is 0.352. The summed E-state index contributed by atoms with van der Waals surface area (Å²) in [6, 6.07) is 3.02. The average Bonchev–Trinajstić information content (AvgIpc) is 2.86. The lowest BCUT2D eigenvalue weighted by Crippen LogP contribution is -2.36. The second kappa shape index (κ2) is 6.50. The van der Waals surface area contributed by atoms with Crippen LogP contribution in [0.5, 0.6) is 0 Å². The molecule has 1 aliphatic heterocycles. The van der Waals surface area contributed by atoms with E-state index in [1.165, 1.54) is 6.07 Å². The summed E-state index contributed by atoms with van der Waals surface area (Å²) in [7, 11) is 0. The zero-order valence-corrected chi connectivity index (χ0v) is 14.3. The molecule has 2 rings (SSSR count). The Morgan fingerprint density at radius 2 is 2.09 bits per heavy atom. The molecule has 1 heterocycles. The van der Waals surface area contributed by atoms with Crippen molar-refractivity contribution >= 4 is 35.0 Å². The summed E-state index contributed by atoms with van der Waals surface area (Å²) < 4.78 is 19.3. The summed E-state index contributed by atoms with van der Waals surface area (Å²) in [6.45, 7) is 6.48. The van der Waals surface area contributed by atoms with Crippen LogP contribution in [-0.2, 0) is 4.74 Å². The fourth-order valence-corrected chi connectivity index (χ4v) is 2.54. The van der Waals surface area contributed by atoms with E-state index >= 15 is 0 Å². The monoisotopic (exact) mass is 348 g/mol. The molecule has 1 amide bonds. The van der Waals surface area contributed by atoms with Crippen LogP contribution in [0.4, 0.5) is 14.9 Å². The molecule has 1 saturated heterocycles. The molecule has 0 saturated carbocycles. The van der Waals surface area contributed by atoms with Gasteiger partial charge in [0.2, 0.25) is 0 Å². The third kappa shape index (κ3) is 4.17. The van der Waals surface area contributed by atoms with Gasteiger partial charge in [0.15, 0.2) is 5.82 Å². The highest BCUT2D eigenvalue weighted by Gasteiger charge is 2.30. The van der Waals surface area contributed by atoms with Crippen LogP contribution in [0.3, 0.4) is 0 Å². The van der Waals surface area contributed by atoms with E-state index in [0.29, 0.717) is 19.5 Å². The molecule has 0 aliphatic carbocycles. The smallest absolute Gasteiger partial charge is 0.410 e. The Hall–Kier alpha value is -1.20. The Kier molecular flexibility index (Phi) is 5.07. The maximum atomic E-state index is 14.0. The first-order valence-electron chi connectivity index (χ1n) is 7.05. The third-order valence-electron chi connectivity index (χ3n) is 3.23. The van der Waals surface area contributed by atoms with Gasteiger partial charge in [0.25, 0.3) is 0 Å². The number of likely N-dealkylation sites (tertiary alicyclic amines) is 1. The molecule has 0 radical (unpaired) electrons. The molecule has 0 spiro atoms. The van der Waals surface area contributed by atoms with Crippen LogP contribution in [0, 0.1) is 5.82 Å². The van der Waals surface area contributed by atoms with Gasteiger partial charge in [-0.2, -0.15) is 0 Å². The van der Waals surface area contributed by atoms with Crippen LogP contribution in [0.25, 0.3) is 0 Å². The number of nitrogens with one attached hydrogen (secondary N) is 1. The Balaban J connectivity index is 1.97. The zero-order chi connectivity index (χ0) is 16.5. The fraction of sp³-hybridized carbons (Fsp3) is 0.533. The lowest BCUT2D eigenvalue weighted by Gasteiger charge is -2.24. The van der Waals surface area contributed by atoms with Crippen LogP contribution in [0.15, 0.2) is 12.1 Å². The SMILES string of the molecule is CC(C)(C)OC(=O)N1CCC(Nc2ccc(Cl)c(Cl)c2F)C1. The van der Waals surface area contributed by atoms with Crippen molar-refractivity contribution in [1.82, 2.24) is 4.90 Å².